The zero-order chi connectivity index (χ0) is 22.2. The number of aromatic nitrogens is 2. The van der Waals surface area contributed by atoms with Gasteiger partial charge in [0.25, 0.3) is 11.5 Å². The van der Waals surface area contributed by atoms with Gasteiger partial charge in [-0.15, -0.1) is 0 Å². The summed E-state index contributed by atoms with van der Waals surface area (Å²) in [5.74, 6) is 1.89. The Bertz CT molecular complexity index is 1100. The first-order valence-electron chi connectivity index (χ1n) is 10.3. The van der Waals surface area contributed by atoms with Crippen molar-refractivity contribution in [2.24, 2.45) is 0 Å². The summed E-state index contributed by atoms with van der Waals surface area (Å²) in [6.45, 7) is 4.04. The van der Waals surface area contributed by atoms with E-state index in [1.807, 2.05) is 43.3 Å². The van der Waals surface area contributed by atoms with E-state index in [0.717, 1.165) is 17.0 Å². The van der Waals surface area contributed by atoms with Gasteiger partial charge in [-0.25, -0.2) is 4.98 Å². The van der Waals surface area contributed by atoms with Crippen LogP contribution in [0.1, 0.15) is 18.3 Å². The third-order valence-corrected chi connectivity index (χ3v) is 5.17. The second-order valence-corrected chi connectivity index (χ2v) is 7.28. The van der Waals surface area contributed by atoms with Crippen molar-refractivity contribution in [2.45, 2.75) is 19.9 Å². The standard InChI is InChI=1S/C23H28N4O4/c1-4-27(14-21-25-18-8-6-5-7-17(18)23(29)26-21)15-22(28)24-12-11-16-9-10-19(30-2)20(13-16)31-3/h5-10,13H,4,11-12,14-15H2,1-3H3,(H,24,28)(H,25,26,29)/p+1. The fourth-order valence-corrected chi connectivity index (χ4v) is 3.44. The molecule has 164 valence electrons. The number of benzene rings is 2. The summed E-state index contributed by atoms with van der Waals surface area (Å²) in [6.07, 6.45) is 0.688. The number of nitrogens with zero attached hydrogens (tertiary/aromatic N) is 1. The molecule has 1 heterocycles. The van der Waals surface area contributed by atoms with Crippen LogP contribution < -0.4 is 25.2 Å². The molecule has 1 unspecified atom stereocenters. The van der Waals surface area contributed by atoms with Crippen molar-refractivity contribution < 1.29 is 19.2 Å². The summed E-state index contributed by atoms with van der Waals surface area (Å²) >= 11 is 0. The van der Waals surface area contributed by atoms with Crippen molar-refractivity contribution in [3.63, 3.8) is 0 Å². The number of H-pyrrole nitrogens is 1. The number of carbonyl (C=O) groups excluding carboxylic acids is 1. The Morgan fingerprint density at radius 1 is 1.13 bits per heavy atom. The van der Waals surface area contributed by atoms with Crippen LogP contribution in [0.2, 0.25) is 0 Å². The molecule has 0 saturated carbocycles. The fraction of sp³-hybridized carbons (Fsp3) is 0.348. The number of aromatic amines is 1. The average Bonchev–Trinajstić information content (AvgIpc) is 2.78. The first-order valence-corrected chi connectivity index (χ1v) is 10.3. The quantitative estimate of drug-likeness (QED) is 0.444. The number of quaternary nitrogens is 1. The Hall–Kier alpha value is -3.39. The van der Waals surface area contributed by atoms with Crippen LogP contribution in [0.4, 0.5) is 0 Å². The second-order valence-electron chi connectivity index (χ2n) is 7.28. The number of hydrogen-bond acceptors (Lipinski definition) is 5. The first-order chi connectivity index (χ1) is 15.0. The lowest BCUT2D eigenvalue weighted by atomic mass is 10.1. The number of hydrogen-bond donors (Lipinski definition) is 3. The predicted molar refractivity (Wildman–Crippen MR) is 119 cm³/mol. The average molecular weight is 426 g/mol. The molecule has 0 radical (unpaired) electrons. The minimum Gasteiger partial charge on any atom is -0.493 e. The molecule has 1 atom stereocenters. The molecule has 31 heavy (non-hydrogen) atoms. The molecule has 3 aromatic rings. The zero-order valence-corrected chi connectivity index (χ0v) is 18.2. The maximum absolute atomic E-state index is 12.4. The topological polar surface area (TPSA) is 97.8 Å². The molecule has 0 aliphatic carbocycles. The van der Waals surface area contributed by atoms with Gasteiger partial charge in [0.2, 0.25) is 0 Å². The monoisotopic (exact) mass is 425 g/mol. The highest BCUT2D eigenvalue weighted by atomic mass is 16.5. The molecule has 0 fully saturated rings. The van der Waals surface area contributed by atoms with Crippen LogP contribution in [0.3, 0.4) is 0 Å². The van der Waals surface area contributed by atoms with Crippen LogP contribution in [0.25, 0.3) is 10.9 Å². The maximum Gasteiger partial charge on any atom is 0.275 e. The van der Waals surface area contributed by atoms with Crippen LogP contribution in [0.5, 0.6) is 11.5 Å². The van der Waals surface area contributed by atoms with E-state index in [9.17, 15) is 9.59 Å². The zero-order valence-electron chi connectivity index (χ0n) is 18.2. The van der Waals surface area contributed by atoms with Gasteiger partial charge in [-0.1, -0.05) is 18.2 Å². The van der Waals surface area contributed by atoms with Crippen molar-refractivity contribution in [1.29, 1.82) is 0 Å². The van der Waals surface area contributed by atoms with Gasteiger partial charge in [0.1, 0.15) is 6.54 Å². The van der Waals surface area contributed by atoms with Gasteiger partial charge in [-0.05, 0) is 43.2 Å². The van der Waals surface area contributed by atoms with Crippen molar-refractivity contribution in [2.75, 3.05) is 33.9 Å². The molecule has 0 bridgehead atoms. The number of para-hydroxylation sites is 1. The van der Waals surface area contributed by atoms with Gasteiger partial charge in [0, 0.05) is 6.54 Å². The van der Waals surface area contributed by atoms with E-state index in [0.29, 0.717) is 54.3 Å². The molecule has 2 aromatic carbocycles. The number of likely N-dealkylation sites (N-methyl/N-ethyl adjacent to an activating group) is 1. The van der Waals surface area contributed by atoms with Crippen LogP contribution >= 0.6 is 0 Å². The molecular weight excluding hydrogens is 396 g/mol. The van der Waals surface area contributed by atoms with E-state index < -0.39 is 0 Å². The Balaban J connectivity index is 1.54. The van der Waals surface area contributed by atoms with Gasteiger partial charge in [-0.3, -0.25) is 9.59 Å². The lowest BCUT2D eigenvalue weighted by molar-refractivity contribution is -0.904. The Kier molecular flexibility index (Phi) is 7.61. The number of nitrogens with one attached hydrogen (secondary N) is 3. The molecule has 8 heteroatoms. The Labute approximate surface area is 181 Å². The molecule has 0 aliphatic heterocycles. The van der Waals surface area contributed by atoms with Gasteiger partial charge < -0.3 is 24.7 Å². The molecule has 8 nitrogen and oxygen atoms in total. The molecule has 0 saturated heterocycles. The highest BCUT2D eigenvalue weighted by Gasteiger charge is 2.15. The van der Waals surface area contributed by atoms with Crippen LogP contribution in [-0.2, 0) is 17.8 Å². The van der Waals surface area contributed by atoms with Crippen molar-refractivity contribution in [3.8, 4) is 11.5 Å². The third-order valence-electron chi connectivity index (χ3n) is 5.17. The smallest absolute Gasteiger partial charge is 0.275 e. The van der Waals surface area contributed by atoms with Crippen LogP contribution in [0.15, 0.2) is 47.3 Å². The van der Waals surface area contributed by atoms with Crippen LogP contribution in [0, 0.1) is 0 Å². The predicted octanol–water partition coefficient (Wildman–Crippen LogP) is 0.704. The van der Waals surface area contributed by atoms with E-state index in [4.69, 9.17) is 9.47 Å². The Morgan fingerprint density at radius 3 is 2.65 bits per heavy atom. The molecule has 0 spiro atoms. The third kappa shape index (κ3) is 5.82. The van der Waals surface area contributed by atoms with Crippen molar-refractivity contribution in [1.82, 2.24) is 15.3 Å². The highest BCUT2D eigenvalue weighted by Crippen LogP contribution is 2.27. The normalized spacial score (nSPS) is 11.8. The number of carbonyl (C=O) groups is 1. The van der Waals surface area contributed by atoms with E-state index in [1.54, 1.807) is 20.3 Å². The number of rotatable bonds is 10. The summed E-state index contributed by atoms with van der Waals surface area (Å²) in [5.41, 5.74) is 1.56. The van der Waals surface area contributed by atoms with E-state index in [1.165, 1.54) is 0 Å². The maximum atomic E-state index is 12.4. The molecule has 3 N–H and O–H groups in total. The minimum absolute atomic E-state index is 0.0412. The van der Waals surface area contributed by atoms with Crippen molar-refractivity contribution in [3.05, 3.63) is 64.2 Å². The van der Waals surface area contributed by atoms with Crippen molar-refractivity contribution >= 4 is 16.8 Å². The summed E-state index contributed by atoms with van der Waals surface area (Å²) in [4.78, 5) is 33.1. The first kappa shape index (κ1) is 22.3. The van der Waals surface area contributed by atoms with Gasteiger partial charge in [-0.2, -0.15) is 0 Å². The van der Waals surface area contributed by atoms with Gasteiger partial charge >= 0.3 is 0 Å². The largest absolute Gasteiger partial charge is 0.493 e. The molecular formula is C23H29N4O4+. The number of ether oxygens (including phenoxy) is 2. The number of amides is 1. The Morgan fingerprint density at radius 2 is 1.90 bits per heavy atom. The molecule has 1 amide bonds. The molecule has 0 aliphatic rings. The SMILES string of the molecule is CC[NH+](CC(=O)NCCc1ccc(OC)c(OC)c1)Cc1nc2ccccc2c(=O)[nH]1. The van der Waals surface area contributed by atoms with E-state index in [-0.39, 0.29) is 11.5 Å². The number of methoxy groups -OCH3 is 2. The van der Waals surface area contributed by atoms with E-state index >= 15 is 0 Å². The molecule has 1 aromatic heterocycles. The second kappa shape index (κ2) is 10.6. The lowest BCUT2D eigenvalue weighted by Crippen LogP contribution is -3.11. The molecule has 3 rings (SSSR count). The highest BCUT2D eigenvalue weighted by molar-refractivity contribution is 5.77. The summed E-state index contributed by atoms with van der Waals surface area (Å²) in [6, 6.07) is 13.0. The summed E-state index contributed by atoms with van der Waals surface area (Å²) < 4.78 is 10.6. The van der Waals surface area contributed by atoms with Gasteiger partial charge in [0.05, 0.1) is 31.7 Å². The van der Waals surface area contributed by atoms with Gasteiger partial charge in [0.15, 0.2) is 23.9 Å². The summed E-state index contributed by atoms with van der Waals surface area (Å²) in [7, 11) is 3.20. The fourth-order valence-electron chi connectivity index (χ4n) is 3.44. The number of fused-ring (bicyclic) bond motifs is 1. The minimum atomic E-state index is -0.157. The summed E-state index contributed by atoms with van der Waals surface area (Å²) in [5, 5.41) is 3.53. The van der Waals surface area contributed by atoms with E-state index in [2.05, 4.69) is 15.3 Å². The van der Waals surface area contributed by atoms with Crippen LogP contribution in [-0.4, -0.2) is 49.7 Å². The lowest BCUT2D eigenvalue weighted by Gasteiger charge is -2.17.